The highest BCUT2D eigenvalue weighted by Gasteiger charge is 2.11. The molecule has 6 nitrogen and oxygen atoms in total. The molecular formula is C18H13ClFN5OS. The van der Waals surface area contributed by atoms with Crippen molar-refractivity contribution in [2.24, 2.45) is 0 Å². The fourth-order valence-corrected chi connectivity index (χ4v) is 3.29. The van der Waals surface area contributed by atoms with Crippen LogP contribution >= 0.6 is 22.9 Å². The topological polar surface area (TPSA) is 65.7 Å². The summed E-state index contributed by atoms with van der Waals surface area (Å²) in [5.74, 6) is 0.765. The lowest BCUT2D eigenvalue weighted by Crippen LogP contribution is -2.05. The van der Waals surface area contributed by atoms with Crippen LogP contribution in [0.15, 0.2) is 53.9 Å². The second kappa shape index (κ2) is 7.81. The molecule has 0 bridgehead atoms. The Morgan fingerprint density at radius 3 is 2.74 bits per heavy atom. The Labute approximate surface area is 163 Å². The van der Waals surface area contributed by atoms with Gasteiger partial charge in [-0.05, 0) is 41.6 Å². The molecule has 0 fully saturated rings. The minimum absolute atomic E-state index is 0.296. The minimum Gasteiger partial charge on any atom is -0.486 e. The van der Waals surface area contributed by atoms with Gasteiger partial charge in [0.2, 0.25) is 5.82 Å². The number of ether oxygens (including phenoxy) is 1. The molecular weight excluding hydrogens is 389 g/mol. The van der Waals surface area contributed by atoms with E-state index >= 15 is 0 Å². The van der Waals surface area contributed by atoms with Crippen molar-refractivity contribution in [2.75, 3.05) is 0 Å². The van der Waals surface area contributed by atoms with E-state index in [-0.39, 0.29) is 5.82 Å². The zero-order valence-corrected chi connectivity index (χ0v) is 15.5. The van der Waals surface area contributed by atoms with E-state index in [9.17, 15) is 4.39 Å². The standard InChI is InChI=1S/C18H13ClFN5OS/c19-16-4-2-1-3-15(16)18-22-24-25(23-18)9-13-11-27-17(21-13)10-26-14-7-5-12(20)6-8-14/h1-8,11H,9-10H2. The number of halogens is 2. The van der Waals surface area contributed by atoms with Gasteiger partial charge in [0.05, 0.1) is 10.7 Å². The van der Waals surface area contributed by atoms with E-state index in [2.05, 4.69) is 20.4 Å². The molecule has 0 aliphatic rings. The van der Waals surface area contributed by atoms with E-state index in [0.717, 1.165) is 16.3 Å². The second-order valence-corrected chi connectivity index (χ2v) is 6.95. The van der Waals surface area contributed by atoms with Crippen LogP contribution in [0.1, 0.15) is 10.7 Å². The molecule has 0 N–H and O–H groups in total. The van der Waals surface area contributed by atoms with Gasteiger partial charge >= 0.3 is 0 Å². The van der Waals surface area contributed by atoms with Gasteiger partial charge in [0, 0.05) is 10.9 Å². The summed E-state index contributed by atoms with van der Waals surface area (Å²) in [5.41, 5.74) is 1.54. The number of aromatic nitrogens is 5. The van der Waals surface area contributed by atoms with Crippen molar-refractivity contribution in [3.8, 4) is 17.1 Å². The first-order valence-electron chi connectivity index (χ1n) is 8.02. The monoisotopic (exact) mass is 401 g/mol. The van der Waals surface area contributed by atoms with Crippen molar-refractivity contribution in [1.82, 2.24) is 25.2 Å². The molecule has 0 saturated carbocycles. The van der Waals surface area contributed by atoms with Gasteiger partial charge in [-0.2, -0.15) is 4.80 Å². The maximum Gasteiger partial charge on any atom is 0.206 e. The Balaban J connectivity index is 1.39. The van der Waals surface area contributed by atoms with E-state index in [4.69, 9.17) is 16.3 Å². The first kappa shape index (κ1) is 17.6. The SMILES string of the molecule is Fc1ccc(OCc2nc(Cn3nnc(-c4ccccc4Cl)n3)cs2)cc1. The van der Waals surface area contributed by atoms with Crippen LogP contribution < -0.4 is 4.74 Å². The maximum atomic E-state index is 12.9. The third-order valence-corrected chi connectivity index (χ3v) is 4.85. The van der Waals surface area contributed by atoms with Gasteiger partial charge in [0.15, 0.2) is 0 Å². The van der Waals surface area contributed by atoms with Gasteiger partial charge in [0.25, 0.3) is 0 Å². The normalized spacial score (nSPS) is 10.9. The van der Waals surface area contributed by atoms with E-state index < -0.39 is 0 Å². The zero-order valence-electron chi connectivity index (χ0n) is 13.9. The number of tetrazole rings is 1. The van der Waals surface area contributed by atoms with Gasteiger partial charge in [-0.15, -0.1) is 21.5 Å². The number of thiazole rings is 1. The molecule has 0 spiro atoms. The fourth-order valence-electron chi connectivity index (χ4n) is 2.37. The van der Waals surface area contributed by atoms with Crippen molar-refractivity contribution < 1.29 is 9.13 Å². The number of benzene rings is 2. The molecule has 0 saturated heterocycles. The van der Waals surface area contributed by atoms with Gasteiger partial charge < -0.3 is 4.74 Å². The van der Waals surface area contributed by atoms with Crippen molar-refractivity contribution in [2.45, 2.75) is 13.2 Å². The third kappa shape index (κ3) is 4.29. The molecule has 2 heterocycles. The van der Waals surface area contributed by atoms with Crippen LogP contribution in [0.5, 0.6) is 5.75 Å². The van der Waals surface area contributed by atoms with E-state index in [0.29, 0.717) is 29.7 Å². The summed E-state index contributed by atoms with van der Waals surface area (Å²) in [5, 5.41) is 15.8. The van der Waals surface area contributed by atoms with E-state index in [1.165, 1.54) is 28.3 Å². The smallest absolute Gasteiger partial charge is 0.206 e. The van der Waals surface area contributed by atoms with Crippen LogP contribution in [-0.2, 0) is 13.2 Å². The maximum absolute atomic E-state index is 12.9. The lowest BCUT2D eigenvalue weighted by molar-refractivity contribution is 0.304. The summed E-state index contributed by atoms with van der Waals surface area (Å²) in [6.45, 7) is 0.705. The first-order valence-corrected chi connectivity index (χ1v) is 9.27. The lowest BCUT2D eigenvalue weighted by Gasteiger charge is -2.03. The number of hydrogen-bond acceptors (Lipinski definition) is 6. The predicted molar refractivity (Wildman–Crippen MR) is 100 cm³/mol. The third-order valence-electron chi connectivity index (χ3n) is 3.65. The van der Waals surface area contributed by atoms with Gasteiger partial charge in [0.1, 0.15) is 29.7 Å². The molecule has 0 aliphatic heterocycles. The highest BCUT2D eigenvalue weighted by Crippen LogP contribution is 2.23. The summed E-state index contributed by atoms with van der Waals surface area (Å²) in [6, 6.07) is 13.2. The van der Waals surface area contributed by atoms with Gasteiger partial charge in [-0.3, -0.25) is 0 Å². The zero-order chi connectivity index (χ0) is 18.6. The summed E-state index contributed by atoms with van der Waals surface area (Å²) in [7, 11) is 0. The first-order chi connectivity index (χ1) is 13.2. The lowest BCUT2D eigenvalue weighted by atomic mass is 10.2. The average Bonchev–Trinajstić information content (AvgIpc) is 3.32. The minimum atomic E-state index is -0.296. The summed E-state index contributed by atoms with van der Waals surface area (Å²) >= 11 is 7.64. The molecule has 2 aromatic carbocycles. The van der Waals surface area contributed by atoms with Crippen LogP contribution in [0.2, 0.25) is 5.02 Å². The van der Waals surface area contributed by atoms with Gasteiger partial charge in [-0.25, -0.2) is 9.37 Å². The molecule has 136 valence electrons. The largest absolute Gasteiger partial charge is 0.486 e. The Hall–Kier alpha value is -2.84. The number of rotatable bonds is 6. The quantitative estimate of drug-likeness (QED) is 0.484. The molecule has 2 aromatic heterocycles. The van der Waals surface area contributed by atoms with Crippen molar-refractivity contribution in [3.05, 3.63) is 75.5 Å². The Bertz CT molecular complexity index is 1050. The molecule has 27 heavy (non-hydrogen) atoms. The highest BCUT2D eigenvalue weighted by molar-refractivity contribution is 7.09. The van der Waals surface area contributed by atoms with E-state index in [1.807, 2.05) is 23.6 Å². The molecule has 0 amide bonds. The highest BCUT2D eigenvalue weighted by atomic mass is 35.5. The van der Waals surface area contributed by atoms with Gasteiger partial charge in [-0.1, -0.05) is 23.7 Å². The molecule has 0 unspecified atom stereocenters. The number of hydrogen-bond donors (Lipinski definition) is 0. The molecule has 4 aromatic rings. The molecule has 0 atom stereocenters. The van der Waals surface area contributed by atoms with E-state index in [1.54, 1.807) is 18.2 Å². The molecule has 9 heteroatoms. The van der Waals surface area contributed by atoms with Crippen molar-refractivity contribution >= 4 is 22.9 Å². The Morgan fingerprint density at radius 1 is 1.11 bits per heavy atom. The van der Waals surface area contributed by atoms with Crippen molar-refractivity contribution in [1.29, 1.82) is 0 Å². The summed E-state index contributed by atoms with van der Waals surface area (Å²) in [4.78, 5) is 5.97. The van der Waals surface area contributed by atoms with Crippen LogP contribution in [0, 0.1) is 5.82 Å². The number of nitrogens with zero attached hydrogens (tertiary/aromatic N) is 5. The Kier molecular flexibility index (Phi) is 5.08. The average molecular weight is 402 g/mol. The van der Waals surface area contributed by atoms with Crippen LogP contribution in [0.3, 0.4) is 0 Å². The molecule has 0 radical (unpaired) electrons. The predicted octanol–water partition coefficient (Wildman–Crippen LogP) is 4.22. The van der Waals surface area contributed by atoms with Crippen LogP contribution in [0.25, 0.3) is 11.4 Å². The fraction of sp³-hybridized carbons (Fsp3) is 0.111. The van der Waals surface area contributed by atoms with Crippen LogP contribution in [-0.4, -0.2) is 25.2 Å². The summed E-state index contributed by atoms with van der Waals surface area (Å²) in [6.07, 6.45) is 0. The molecule has 0 aliphatic carbocycles. The second-order valence-electron chi connectivity index (χ2n) is 5.60. The molecule has 4 rings (SSSR count). The van der Waals surface area contributed by atoms with Crippen molar-refractivity contribution in [3.63, 3.8) is 0 Å². The van der Waals surface area contributed by atoms with Crippen LogP contribution in [0.4, 0.5) is 4.39 Å². The Morgan fingerprint density at radius 2 is 1.93 bits per heavy atom. The summed E-state index contributed by atoms with van der Waals surface area (Å²) < 4.78 is 18.5.